The SMILES string of the molecule is CC(=O)C[C@@H]([NH])Cc1ccco1. The minimum atomic E-state index is -0.367. The van der Waals surface area contributed by atoms with Crippen molar-refractivity contribution in [3.05, 3.63) is 24.2 Å². The maximum absolute atomic E-state index is 10.6. The molecule has 0 spiro atoms. The lowest BCUT2D eigenvalue weighted by Gasteiger charge is -2.04. The number of furan rings is 1. The first-order valence-corrected chi connectivity index (χ1v) is 3.91. The molecule has 65 valence electrons. The van der Waals surface area contributed by atoms with Gasteiger partial charge in [0.1, 0.15) is 11.5 Å². The van der Waals surface area contributed by atoms with Crippen LogP contribution in [-0.4, -0.2) is 11.8 Å². The first kappa shape index (κ1) is 9.00. The molecule has 3 nitrogen and oxygen atoms in total. The molecule has 0 unspecified atom stereocenters. The lowest BCUT2D eigenvalue weighted by atomic mass is 10.1. The van der Waals surface area contributed by atoms with E-state index in [1.165, 1.54) is 6.92 Å². The Morgan fingerprint density at radius 1 is 1.75 bits per heavy atom. The van der Waals surface area contributed by atoms with Gasteiger partial charge in [-0.05, 0) is 19.1 Å². The second kappa shape index (κ2) is 4.07. The van der Waals surface area contributed by atoms with Crippen molar-refractivity contribution >= 4 is 5.78 Å². The number of rotatable bonds is 4. The highest BCUT2D eigenvalue weighted by molar-refractivity contribution is 5.76. The highest BCUT2D eigenvalue weighted by Gasteiger charge is 2.08. The molecule has 0 fully saturated rings. The standard InChI is InChI=1S/C9H12NO2/c1-7(11)5-8(10)6-9-3-2-4-12-9/h2-4,8,10H,5-6H2,1H3/t8-/m1/s1. The van der Waals surface area contributed by atoms with Crippen LogP contribution in [-0.2, 0) is 11.2 Å². The molecule has 1 radical (unpaired) electrons. The number of hydrogen-bond acceptors (Lipinski definition) is 2. The van der Waals surface area contributed by atoms with Gasteiger partial charge in [0.15, 0.2) is 0 Å². The van der Waals surface area contributed by atoms with Crippen LogP contribution in [0.2, 0.25) is 0 Å². The summed E-state index contributed by atoms with van der Waals surface area (Å²) < 4.78 is 5.05. The quantitative estimate of drug-likeness (QED) is 0.679. The summed E-state index contributed by atoms with van der Waals surface area (Å²) in [5.41, 5.74) is 7.50. The molecule has 1 N–H and O–H groups in total. The molecular formula is C9H12NO2. The molecule has 0 amide bonds. The number of carbonyl (C=O) groups excluding carboxylic acids is 1. The number of Topliss-reactive ketones (excluding diaryl/α,β-unsaturated/α-hetero) is 1. The minimum absolute atomic E-state index is 0.0570. The molecule has 3 heteroatoms. The van der Waals surface area contributed by atoms with Crippen LogP contribution in [0.4, 0.5) is 0 Å². The number of ketones is 1. The van der Waals surface area contributed by atoms with E-state index in [2.05, 4.69) is 0 Å². The van der Waals surface area contributed by atoms with Gasteiger partial charge in [-0.3, -0.25) is 10.5 Å². The van der Waals surface area contributed by atoms with E-state index < -0.39 is 0 Å². The molecule has 0 bridgehead atoms. The molecule has 0 aliphatic rings. The van der Waals surface area contributed by atoms with E-state index in [0.29, 0.717) is 12.8 Å². The predicted molar refractivity (Wildman–Crippen MR) is 44.6 cm³/mol. The van der Waals surface area contributed by atoms with Gasteiger partial charge in [0.2, 0.25) is 0 Å². The molecule has 1 heterocycles. The molecule has 0 saturated heterocycles. The summed E-state index contributed by atoms with van der Waals surface area (Å²) in [4.78, 5) is 10.6. The zero-order valence-corrected chi connectivity index (χ0v) is 7.04. The van der Waals surface area contributed by atoms with Gasteiger partial charge in [0, 0.05) is 18.9 Å². The van der Waals surface area contributed by atoms with Crippen LogP contribution in [0.1, 0.15) is 19.1 Å². The Bertz CT molecular complexity index is 241. The van der Waals surface area contributed by atoms with Crippen molar-refractivity contribution in [1.29, 1.82) is 0 Å². The number of hydrogen-bond donors (Lipinski definition) is 0. The Hall–Kier alpha value is -1.09. The summed E-state index contributed by atoms with van der Waals surface area (Å²) >= 11 is 0. The molecule has 1 rings (SSSR count). The van der Waals surface area contributed by atoms with Gasteiger partial charge in [-0.2, -0.15) is 0 Å². The first-order chi connectivity index (χ1) is 5.68. The highest BCUT2D eigenvalue weighted by atomic mass is 16.3. The van der Waals surface area contributed by atoms with E-state index in [9.17, 15) is 4.79 Å². The normalized spacial score (nSPS) is 12.8. The average Bonchev–Trinajstić information content (AvgIpc) is 2.37. The van der Waals surface area contributed by atoms with Gasteiger partial charge in [-0.15, -0.1) is 0 Å². The van der Waals surface area contributed by atoms with Gasteiger partial charge in [0.05, 0.1) is 6.26 Å². The summed E-state index contributed by atoms with van der Waals surface area (Å²) in [5.74, 6) is 0.831. The predicted octanol–water partition coefficient (Wildman–Crippen LogP) is 1.45. The Kier molecular flexibility index (Phi) is 3.05. The Labute approximate surface area is 71.6 Å². The summed E-state index contributed by atoms with van der Waals surface area (Å²) in [6.45, 7) is 1.50. The lowest BCUT2D eigenvalue weighted by molar-refractivity contribution is -0.117. The lowest BCUT2D eigenvalue weighted by Crippen LogP contribution is -2.15. The fraction of sp³-hybridized carbons (Fsp3) is 0.444. The summed E-state index contributed by atoms with van der Waals surface area (Å²) in [5, 5.41) is 0. The maximum Gasteiger partial charge on any atom is 0.131 e. The molecule has 0 saturated carbocycles. The van der Waals surface area contributed by atoms with Crippen LogP contribution in [0.15, 0.2) is 22.8 Å². The van der Waals surface area contributed by atoms with Gasteiger partial charge < -0.3 is 4.42 Å². The third-order valence-electron chi connectivity index (χ3n) is 1.56. The van der Waals surface area contributed by atoms with Crippen LogP contribution >= 0.6 is 0 Å². The monoisotopic (exact) mass is 166 g/mol. The van der Waals surface area contributed by atoms with E-state index in [-0.39, 0.29) is 11.8 Å². The van der Waals surface area contributed by atoms with Crippen molar-refractivity contribution in [1.82, 2.24) is 5.73 Å². The Morgan fingerprint density at radius 3 is 3.00 bits per heavy atom. The largest absolute Gasteiger partial charge is 0.469 e. The number of carbonyl (C=O) groups is 1. The molecule has 1 aromatic rings. The summed E-state index contributed by atoms with van der Waals surface area (Å²) in [6, 6.07) is 3.24. The fourth-order valence-electron chi connectivity index (χ4n) is 1.09. The zero-order chi connectivity index (χ0) is 8.97. The van der Waals surface area contributed by atoms with E-state index in [1.54, 1.807) is 12.3 Å². The highest BCUT2D eigenvalue weighted by Crippen LogP contribution is 2.05. The third-order valence-corrected chi connectivity index (χ3v) is 1.56. The molecule has 1 atom stereocenters. The van der Waals surface area contributed by atoms with Crippen molar-refractivity contribution in [2.24, 2.45) is 0 Å². The molecule has 12 heavy (non-hydrogen) atoms. The van der Waals surface area contributed by atoms with Crippen molar-refractivity contribution in [3.63, 3.8) is 0 Å². The van der Waals surface area contributed by atoms with Gasteiger partial charge in [-0.1, -0.05) is 0 Å². The molecular weight excluding hydrogens is 154 g/mol. The molecule has 0 aromatic carbocycles. The van der Waals surface area contributed by atoms with Crippen LogP contribution in [0.3, 0.4) is 0 Å². The van der Waals surface area contributed by atoms with Gasteiger partial charge >= 0.3 is 0 Å². The van der Waals surface area contributed by atoms with E-state index in [4.69, 9.17) is 10.2 Å². The molecule has 0 aliphatic heterocycles. The molecule has 1 aromatic heterocycles. The van der Waals surface area contributed by atoms with E-state index in [1.807, 2.05) is 6.07 Å². The summed E-state index contributed by atoms with van der Waals surface area (Å²) in [7, 11) is 0. The van der Waals surface area contributed by atoms with Crippen molar-refractivity contribution in [2.45, 2.75) is 25.8 Å². The van der Waals surface area contributed by atoms with Crippen LogP contribution in [0.5, 0.6) is 0 Å². The van der Waals surface area contributed by atoms with Gasteiger partial charge in [0.25, 0.3) is 0 Å². The van der Waals surface area contributed by atoms with E-state index >= 15 is 0 Å². The second-order valence-electron chi connectivity index (χ2n) is 2.89. The maximum atomic E-state index is 10.6. The van der Waals surface area contributed by atoms with Crippen LogP contribution < -0.4 is 5.73 Å². The van der Waals surface area contributed by atoms with Crippen molar-refractivity contribution in [3.8, 4) is 0 Å². The zero-order valence-electron chi connectivity index (χ0n) is 7.04. The smallest absolute Gasteiger partial charge is 0.131 e. The topological polar surface area (TPSA) is 54.0 Å². The fourth-order valence-corrected chi connectivity index (χ4v) is 1.09. The third kappa shape index (κ3) is 2.88. The Morgan fingerprint density at radius 2 is 2.50 bits per heavy atom. The minimum Gasteiger partial charge on any atom is -0.469 e. The summed E-state index contributed by atoms with van der Waals surface area (Å²) in [6.07, 6.45) is 2.41. The first-order valence-electron chi connectivity index (χ1n) is 3.91. The van der Waals surface area contributed by atoms with E-state index in [0.717, 1.165) is 5.76 Å². The van der Waals surface area contributed by atoms with Crippen LogP contribution in [0, 0.1) is 0 Å². The van der Waals surface area contributed by atoms with Gasteiger partial charge in [-0.25, -0.2) is 0 Å². The second-order valence-corrected chi connectivity index (χ2v) is 2.89. The molecule has 0 aliphatic carbocycles. The van der Waals surface area contributed by atoms with Crippen molar-refractivity contribution in [2.75, 3.05) is 0 Å². The Balaban J connectivity index is 2.36. The number of nitrogens with one attached hydrogen (secondary N) is 1. The van der Waals surface area contributed by atoms with Crippen LogP contribution in [0.25, 0.3) is 0 Å². The van der Waals surface area contributed by atoms with Crippen molar-refractivity contribution < 1.29 is 9.21 Å². The average molecular weight is 166 g/mol.